The lowest BCUT2D eigenvalue weighted by atomic mass is 10.2. The highest BCUT2D eigenvalue weighted by atomic mass is 79.9. The molecule has 1 rings (SSSR count). The van der Waals surface area contributed by atoms with Crippen LogP contribution in [0.15, 0.2) is 22.7 Å². The molecule has 0 aliphatic rings. The molecule has 0 heterocycles. The number of hydrogen-bond donors (Lipinski definition) is 1. The predicted molar refractivity (Wildman–Crippen MR) is 62.0 cm³/mol. The first-order chi connectivity index (χ1) is 7.38. The zero-order chi connectivity index (χ0) is 12.7. The van der Waals surface area contributed by atoms with Crippen molar-refractivity contribution in [2.45, 2.75) is 13.8 Å². The van der Waals surface area contributed by atoms with Crippen molar-refractivity contribution in [3.63, 3.8) is 0 Å². The number of rotatable bonds is 2. The minimum absolute atomic E-state index is 0.231. The zero-order valence-electron chi connectivity index (χ0n) is 8.91. The van der Waals surface area contributed by atoms with Crippen LogP contribution in [0.2, 0.25) is 0 Å². The molecule has 1 aromatic carbocycles. The smallest absolute Gasteiger partial charge is 0.305 e. The first-order valence-electron chi connectivity index (χ1n) is 4.51. The fraction of sp³-hybridized carbons (Fsp3) is 0.273. The van der Waals surface area contributed by atoms with Crippen LogP contribution in [-0.4, -0.2) is 17.4 Å². The van der Waals surface area contributed by atoms with E-state index in [1.807, 2.05) is 0 Å². The monoisotopic (exact) mass is 290 g/mol. The van der Waals surface area contributed by atoms with E-state index in [0.29, 0.717) is 16.3 Å². The van der Waals surface area contributed by atoms with Gasteiger partial charge in [0.15, 0.2) is 0 Å². The van der Waals surface area contributed by atoms with Crippen LogP contribution in [0.1, 0.15) is 24.2 Å². The second kappa shape index (κ2) is 7.11. The van der Waals surface area contributed by atoms with Crippen LogP contribution >= 0.6 is 15.9 Å². The van der Waals surface area contributed by atoms with Crippen molar-refractivity contribution in [3.05, 3.63) is 34.1 Å². The summed E-state index contributed by atoms with van der Waals surface area (Å²) in [7, 11) is 0. The van der Waals surface area contributed by atoms with Crippen molar-refractivity contribution in [2.24, 2.45) is 5.92 Å². The fourth-order valence-corrected chi connectivity index (χ4v) is 0.982. The van der Waals surface area contributed by atoms with Gasteiger partial charge in [-0.3, -0.25) is 9.59 Å². The van der Waals surface area contributed by atoms with Gasteiger partial charge in [0.05, 0.1) is 10.4 Å². The number of carbonyl (C=O) groups excluding carboxylic acids is 1. The summed E-state index contributed by atoms with van der Waals surface area (Å²) < 4.78 is 12.8. The van der Waals surface area contributed by atoms with Crippen LogP contribution in [0, 0.1) is 11.7 Å². The molecule has 0 aliphatic heterocycles. The van der Waals surface area contributed by atoms with Crippen LogP contribution in [0.5, 0.6) is 0 Å². The Morgan fingerprint density at radius 3 is 2.31 bits per heavy atom. The average Bonchev–Trinajstić information content (AvgIpc) is 2.23. The van der Waals surface area contributed by atoms with Gasteiger partial charge in [0.1, 0.15) is 12.1 Å². The molecule has 0 unspecified atom stereocenters. The van der Waals surface area contributed by atoms with E-state index >= 15 is 0 Å². The van der Waals surface area contributed by atoms with Gasteiger partial charge < -0.3 is 5.11 Å². The van der Waals surface area contributed by atoms with Gasteiger partial charge in [0, 0.05) is 5.56 Å². The number of aldehydes is 1. The summed E-state index contributed by atoms with van der Waals surface area (Å²) >= 11 is 2.95. The maximum Gasteiger partial charge on any atom is 0.305 e. The highest BCUT2D eigenvalue weighted by Gasteiger charge is 1.99. The van der Waals surface area contributed by atoms with Crippen molar-refractivity contribution in [1.82, 2.24) is 0 Å². The van der Waals surface area contributed by atoms with E-state index in [2.05, 4.69) is 15.9 Å². The second-order valence-corrected chi connectivity index (χ2v) is 4.14. The molecule has 16 heavy (non-hydrogen) atoms. The number of carboxylic acids is 1. The van der Waals surface area contributed by atoms with Gasteiger partial charge in [-0.25, -0.2) is 4.39 Å². The van der Waals surface area contributed by atoms with E-state index in [-0.39, 0.29) is 11.7 Å². The normalized spacial score (nSPS) is 9.31. The number of halogens is 2. The Bertz CT molecular complexity index is 377. The molecule has 0 fully saturated rings. The standard InChI is InChI=1S/C7H4BrFO.C4H8O2/c8-6-3-5(4-10)1-2-7(6)9;1-3(2)4(5)6/h1-4H;3H,1-2H3,(H,5,6). The molecule has 0 aromatic heterocycles. The summed E-state index contributed by atoms with van der Waals surface area (Å²) in [5, 5.41) is 7.99. The van der Waals surface area contributed by atoms with Crippen molar-refractivity contribution in [3.8, 4) is 0 Å². The summed E-state index contributed by atoms with van der Waals surface area (Å²) in [5.41, 5.74) is 0.466. The second-order valence-electron chi connectivity index (χ2n) is 3.28. The van der Waals surface area contributed by atoms with Gasteiger partial charge in [-0.2, -0.15) is 0 Å². The Labute approximate surface area is 101 Å². The quantitative estimate of drug-likeness (QED) is 0.852. The molecule has 0 amide bonds. The number of carbonyl (C=O) groups is 2. The van der Waals surface area contributed by atoms with Gasteiger partial charge in [0.25, 0.3) is 0 Å². The SMILES string of the molecule is CC(C)C(=O)O.O=Cc1ccc(F)c(Br)c1. The molecule has 0 spiro atoms. The van der Waals surface area contributed by atoms with Gasteiger partial charge in [-0.05, 0) is 34.1 Å². The van der Waals surface area contributed by atoms with E-state index in [9.17, 15) is 14.0 Å². The minimum atomic E-state index is -0.741. The van der Waals surface area contributed by atoms with Crippen LogP contribution in [0.25, 0.3) is 0 Å². The Morgan fingerprint density at radius 1 is 1.50 bits per heavy atom. The molecule has 0 saturated carbocycles. The van der Waals surface area contributed by atoms with Crippen LogP contribution in [0.3, 0.4) is 0 Å². The zero-order valence-corrected chi connectivity index (χ0v) is 10.5. The Morgan fingerprint density at radius 2 is 2.00 bits per heavy atom. The van der Waals surface area contributed by atoms with E-state index in [4.69, 9.17) is 5.11 Å². The average molecular weight is 291 g/mol. The molecular formula is C11H12BrFO3. The van der Waals surface area contributed by atoms with Gasteiger partial charge in [-0.15, -0.1) is 0 Å². The number of carboxylic acid groups (broad SMARTS) is 1. The summed E-state index contributed by atoms with van der Waals surface area (Å²) in [5.74, 6) is -1.33. The third kappa shape index (κ3) is 5.60. The Balaban J connectivity index is 0.000000325. The van der Waals surface area contributed by atoms with Crippen molar-refractivity contribution in [2.75, 3.05) is 0 Å². The maximum atomic E-state index is 12.5. The molecule has 5 heteroatoms. The molecule has 1 N–H and O–H groups in total. The van der Waals surface area contributed by atoms with Gasteiger partial charge in [-0.1, -0.05) is 13.8 Å². The third-order valence-corrected chi connectivity index (χ3v) is 2.18. The molecule has 0 aliphatic carbocycles. The fourth-order valence-electron chi connectivity index (χ4n) is 0.586. The molecule has 0 atom stereocenters. The molecule has 0 radical (unpaired) electrons. The molecule has 0 bridgehead atoms. The predicted octanol–water partition coefficient (Wildman–Crippen LogP) is 3.13. The van der Waals surface area contributed by atoms with Gasteiger partial charge >= 0.3 is 5.97 Å². The summed E-state index contributed by atoms with van der Waals surface area (Å²) in [6, 6.07) is 4.10. The lowest BCUT2D eigenvalue weighted by Crippen LogP contribution is -2.03. The highest BCUT2D eigenvalue weighted by Crippen LogP contribution is 2.15. The topological polar surface area (TPSA) is 54.4 Å². The maximum absolute atomic E-state index is 12.5. The number of benzene rings is 1. The molecule has 1 aromatic rings. The third-order valence-electron chi connectivity index (χ3n) is 1.57. The summed E-state index contributed by atoms with van der Waals surface area (Å²) in [4.78, 5) is 19.8. The molecule has 3 nitrogen and oxygen atoms in total. The Kier molecular flexibility index (Phi) is 6.56. The van der Waals surface area contributed by atoms with E-state index in [1.165, 1.54) is 18.2 Å². The van der Waals surface area contributed by atoms with Crippen LogP contribution in [-0.2, 0) is 4.79 Å². The van der Waals surface area contributed by atoms with Crippen molar-refractivity contribution in [1.29, 1.82) is 0 Å². The molecular weight excluding hydrogens is 279 g/mol. The number of aliphatic carboxylic acids is 1. The largest absolute Gasteiger partial charge is 0.481 e. The Hall–Kier alpha value is -1.23. The van der Waals surface area contributed by atoms with Crippen molar-refractivity contribution < 1.29 is 19.1 Å². The summed E-state index contributed by atoms with van der Waals surface area (Å²) in [6.45, 7) is 3.28. The number of hydrogen-bond acceptors (Lipinski definition) is 2. The summed E-state index contributed by atoms with van der Waals surface area (Å²) in [6.07, 6.45) is 0.671. The van der Waals surface area contributed by atoms with E-state index in [0.717, 1.165) is 0 Å². The molecule has 88 valence electrons. The minimum Gasteiger partial charge on any atom is -0.481 e. The first-order valence-corrected chi connectivity index (χ1v) is 5.30. The van der Waals surface area contributed by atoms with E-state index < -0.39 is 5.97 Å². The van der Waals surface area contributed by atoms with Gasteiger partial charge in [0.2, 0.25) is 0 Å². The first kappa shape index (κ1) is 14.8. The highest BCUT2D eigenvalue weighted by molar-refractivity contribution is 9.10. The lowest BCUT2D eigenvalue weighted by molar-refractivity contribution is -0.140. The van der Waals surface area contributed by atoms with Crippen LogP contribution < -0.4 is 0 Å². The van der Waals surface area contributed by atoms with E-state index in [1.54, 1.807) is 13.8 Å². The molecule has 0 saturated heterocycles. The van der Waals surface area contributed by atoms with Crippen molar-refractivity contribution >= 4 is 28.2 Å². The lowest BCUT2D eigenvalue weighted by Gasteiger charge is -1.92. The van der Waals surface area contributed by atoms with Crippen LogP contribution in [0.4, 0.5) is 4.39 Å².